The van der Waals surface area contributed by atoms with Gasteiger partial charge in [0, 0.05) is 6.04 Å². The van der Waals surface area contributed by atoms with Gasteiger partial charge in [-0.15, -0.1) is 0 Å². The normalized spacial score (nSPS) is 26.3. The molecule has 0 radical (unpaired) electrons. The van der Waals surface area contributed by atoms with Gasteiger partial charge in [-0.25, -0.2) is 4.79 Å². The van der Waals surface area contributed by atoms with Gasteiger partial charge in [0.25, 0.3) is 5.91 Å². The predicted octanol–water partition coefficient (Wildman–Crippen LogP) is 2.07. The van der Waals surface area contributed by atoms with Crippen LogP contribution in [-0.4, -0.2) is 35.3 Å². The third kappa shape index (κ3) is 2.87. The Hall–Kier alpha value is -2.37. The number of nitrogens with zero attached hydrogens (tertiary/aromatic N) is 1. The van der Waals surface area contributed by atoms with E-state index in [2.05, 4.69) is 10.6 Å². The van der Waals surface area contributed by atoms with Crippen molar-refractivity contribution in [3.05, 3.63) is 35.4 Å². The molecule has 1 saturated heterocycles. The molecule has 2 aliphatic carbocycles. The number of rotatable bonds is 4. The summed E-state index contributed by atoms with van der Waals surface area (Å²) in [6, 6.07) is 7.44. The van der Waals surface area contributed by atoms with Crippen molar-refractivity contribution in [3.8, 4) is 0 Å². The van der Waals surface area contributed by atoms with Gasteiger partial charge in [-0.3, -0.25) is 14.5 Å². The lowest BCUT2D eigenvalue weighted by atomic mass is 9.84. The fourth-order valence-electron chi connectivity index (χ4n) is 4.27. The van der Waals surface area contributed by atoms with E-state index in [0.717, 1.165) is 48.1 Å². The molecule has 1 aromatic carbocycles. The average Bonchev–Trinajstić information content (AvgIpc) is 3.44. The smallest absolute Gasteiger partial charge is 0.325 e. The van der Waals surface area contributed by atoms with Crippen LogP contribution in [-0.2, 0) is 21.5 Å². The Kier molecular flexibility index (Phi) is 4.21. The maximum Gasteiger partial charge on any atom is 0.325 e. The summed E-state index contributed by atoms with van der Waals surface area (Å²) < 4.78 is 0. The van der Waals surface area contributed by atoms with Gasteiger partial charge >= 0.3 is 6.03 Å². The second-order valence-electron chi connectivity index (χ2n) is 7.78. The van der Waals surface area contributed by atoms with Gasteiger partial charge in [-0.05, 0) is 62.5 Å². The number of hydrogen-bond acceptors (Lipinski definition) is 3. The van der Waals surface area contributed by atoms with E-state index in [0.29, 0.717) is 12.3 Å². The first kappa shape index (κ1) is 17.1. The Bertz CT molecular complexity index is 758. The maximum absolute atomic E-state index is 13.2. The molecule has 2 fully saturated rings. The van der Waals surface area contributed by atoms with Crippen LogP contribution < -0.4 is 10.6 Å². The predicted molar refractivity (Wildman–Crippen MR) is 96.2 cm³/mol. The number of benzene rings is 1. The second kappa shape index (κ2) is 6.41. The van der Waals surface area contributed by atoms with Crippen LogP contribution in [0.15, 0.2) is 24.3 Å². The summed E-state index contributed by atoms with van der Waals surface area (Å²) in [4.78, 5) is 39.2. The molecule has 4 rings (SSSR count). The Morgan fingerprint density at radius 3 is 2.85 bits per heavy atom. The van der Waals surface area contributed by atoms with E-state index in [1.54, 1.807) is 0 Å². The lowest BCUT2D eigenvalue weighted by Crippen LogP contribution is -2.46. The topological polar surface area (TPSA) is 78.5 Å². The molecule has 0 aromatic heterocycles. The first-order valence-electron chi connectivity index (χ1n) is 9.53. The van der Waals surface area contributed by atoms with Crippen molar-refractivity contribution in [2.45, 2.75) is 57.0 Å². The number of carbonyl (C=O) groups excluding carboxylic acids is 3. The van der Waals surface area contributed by atoms with Crippen LogP contribution in [0, 0.1) is 5.92 Å². The first-order valence-corrected chi connectivity index (χ1v) is 9.53. The molecule has 6 nitrogen and oxygen atoms in total. The molecule has 1 spiro atoms. The molecule has 2 N–H and O–H groups in total. The minimum Gasteiger partial charge on any atom is -0.352 e. The summed E-state index contributed by atoms with van der Waals surface area (Å²) >= 11 is 0. The summed E-state index contributed by atoms with van der Waals surface area (Å²) in [7, 11) is 0. The van der Waals surface area contributed by atoms with Gasteiger partial charge in [0.1, 0.15) is 12.1 Å². The van der Waals surface area contributed by atoms with E-state index >= 15 is 0 Å². The van der Waals surface area contributed by atoms with Crippen LogP contribution in [0.1, 0.15) is 50.2 Å². The highest BCUT2D eigenvalue weighted by Crippen LogP contribution is 2.39. The van der Waals surface area contributed by atoms with Gasteiger partial charge in [0.2, 0.25) is 5.91 Å². The van der Waals surface area contributed by atoms with Gasteiger partial charge < -0.3 is 10.6 Å². The molecule has 138 valence electrons. The minimum atomic E-state index is -1.02. The van der Waals surface area contributed by atoms with Crippen molar-refractivity contribution in [3.63, 3.8) is 0 Å². The van der Waals surface area contributed by atoms with Gasteiger partial charge in [-0.2, -0.15) is 0 Å². The van der Waals surface area contributed by atoms with E-state index in [-0.39, 0.29) is 24.4 Å². The Morgan fingerprint density at radius 1 is 1.31 bits per heavy atom. The number of hydrogen-bond donors (Lipinski definition) is 2. The summed E-state index contributed by atoms with van der Waals surface area (Å²) in [6.07, 6.45) is 5.58. The lowest BCUT2D eigenvalue weighted by molar-refractivity contribution is -0.135. The highest BCUT2D eigenvalue weighted by atomic mass is 16.2. The maximum atomic E-state index is 13.2. The van der Waals surface area contributed by atoms with Crippen LogP contribution in [0.4, 0.5) is 4.79 Å². The highest BCUT2D eigenvalue weighted by Gasteiger charge is 2.53. The van der Waals surface area contributed by atoms with E-state index in [1.807, 2.05) is 31.2 Å². The van der Waals surface area contributed by atoms with Gasteiger partial charge in [0.15, 0.2) is 0 Å². The monoisotopic (exact) mass is 355 g/mol. The SMILES string of the molecule is CC(NC(=O)CN1C(=O)NC2(CCCCc3ccccc32)C1=O)C1CC1. The van der Waals surface area contributed by atoms with Crippen molar-refractivity contribution in [1.82, 2.24) is 15.5 Å². The summed E-state index contributed by atoms with van der Waals surface area (Å²) in [5.41, 5.74) is 0.962. The summed E-state index contributed by atoms with van der Waals surface area (Å²) in [5.74, 6) is -0.0416. The summed E-state index contributed by atoms with van der Waals surface area (Å²) in [5, 5.41) is 5.84. The van der Waals surface area contributed by atoms with E-state index in [9.17, 15) is 14.4 Å². The van der Waals surface area contributed by atoms with Crippen LogP contribution in [0.2, 0.25) is 0 Å². The molecule has 1 heterocycles. The zero-order chi connectivity index (χ0) is 18.3. The zero-order valence-corrected chi connectivity index (χ0v) is 15.1. The largest absolute Gasteiger partial charge is 0.352 e. The number of nitrogens with one attached hydrogen (secondary N) is 2. The van der Waals surface area contributed by atoms with Crippen LogP contribution >= 0.6 is 0 Å². The molecule has 4 amide bonds. The fraction of sp³-hybridized carbons (Fsp3) is 0.550. The summed E-state index contributed by atoms with van der Waals surface area (Å²) in [6.45, 7) is 1.76. The zero-order valence-electron chi connectivity index (χ0n) is 15.1. The fourth-order valence-corrected chi connectivity index (χ4v) is 4.27. The van der Waals surface area contributed by atoms with Crippen molar-refractivity contribution in [1.29, 1.82) is 0 Å². The standard InChI is InChI=1S/C20H25N3O3/c1-13(14-9-10-14)21-17(24)12-23-18(25)20(22-19(23)26)11-5-4-7-15-6-2-3-8-16(15)20/h2-3,6,8,13-14H,4-5,7,9-12H2,1H3,(H,21,24)(H,22,26). The van der Waals surface area contributed by atoms with Crippen LogP contribution in [0.25, 0.3) is 0 Å². The second-order valence-corrected chi connectivity index (χ2v) is 7.78. The number of imide groups is 1. The Balaban J connectivity index is 1.56. The minimum absolute atomic E-state index is 0.0934. The molecule has 0 bridgehead atoms. The van der Waals surface area contributed by atoms with Gasteiger partial charge in [-0.1, -0.05) is 24.3 Å². The lowest BCUT2D eigenvalue weighted by Gasteiger charge is -2.27. The molecule has 1 saturated carbocycles. The molecule has 1 aromatic rings. The number of fused-ring (bicyclic) bond motifs is 2. The van der Waals surface area contributed by atoms with E-state index in [4.69, 9.17) is 0 Å². The Morgan fingerprint density at radius 2 is 2.08 bits per heavy atom. The molecule has 2 unspecified atom stereocenters. The van der Waals surface area contributed by atoms with Crippen molar-refractivity contribution < 1.29 is 14.4 Å². The molecule has 1 aliphatic heterocycles. The van der Waals surface area contributed by atoms with E-state index in [1.165, 1.54) is 0 Å². The highest BCUT2D eigenvalue weighted by molar-refractivity contribution is 6.09. The first-order chi connectivity index (χ1) is 12.5. The van der Waals surface area contributed by atoms with Crippen LogP contribution in [0.3, 0.4) is 0 Å². The van der Waals surface area contributed by atoms with Gasteiger partial charge in [0.05, 0.1) is 0 Å². The molecule has 26 heavy (non-hydrogen) atoms. The third-order valence-electron chi connectivity index (χ3n) is 5.92. The third-order valence-corrected chi connectivity index (χ3v) is 5.92. The molecule has 3 aliphatic rings. The number of carbonyl (C=O) groups is 3. The average molecular weight is 355 g/mol. The van der Waals surface area contributed by atoms with Crippen LogP contribution in [0.5, 0.6) is 0 Å². The quantitative estimate of drug-likeness (QED) is 0.812. The van der Waals surface area contributed by atoms with E-state index < -0.39 is 11.6 Å². The Labute approximate surface area is 153 Å². The van der Waals surface area contributed by atoms with Crippen molar-refractivity contribution in [2.75, 3.05) is 6.54 Å². The molecule has 6 heteroatoms. The molecule has 2 atom stereocenters. The number of amides is 4. The number of urea groups is 1. The molecular weight excluding hydrogens is 330 g/mol. The van der Waals surface area contributed by atoms with Crippen molar-refractivity contribution in [2.24, 2.45) is 5.92 Å². The number of aryl methyl sites for hydroxylation is 1. The van der Waals surface area contributed by atoms with Crippen molar-refractivity contribution >= 4 is 17.8 Å². The molecular formula is C20H25N3O3.